The van der Waals surface area contributed by atoms with E-state index in [4.69, 9.17) is 0 Å². The molecular formula is C31H41BrN3O+. The number of quaternary nitrogens is 1. The summed E-state index contributed by atoms with van der Waals surface area (Å²) in [5.74, 6) is 0. The highest BCUT2D eigenvalue weighted by Gasteiger charge is 2.26. The van der Waals surface area contributed by atoms with Gasteiger partial charge in [-0.25, -0.2) is 4.79 Å². The fourth-order valence-electron chi connectivity index (χ4n) is 5.04. The zero-order valence-corrected chi connectivity index (χ0v) is 24.1. The summed E-state index contributed by atoms with van der Waals surface area (Å²) >= 11 is 3.53. The van der Waals surface area contributed by atoms with Crippen molar-refractivity contribution in [2.24, 2.45) is 0 Å². The van der Waals surface area contributed by atoms with Crippen LogP contribution in [-0.4, -0.2) is 48.6 Å². The van der Waals surface area contributed by atoms with Crippen molar-refractivity contribution in [3.05, 3.63) is 99.5 Å². The molecule has 4 nitrogen and oxygen atoms in total. The molecule has 0 aliphatic carbocycles. The zero-order chi connectivity index (χ0) is 26.1. The quantitative estimate of drug-likeness (QED) is 0.226. The summed E-state index contributed by atoms with van der Waals surface area (Å²) in [6, 6.07) is 25.1. The first-order valence-electron chi connectivity index (χ1n) is 13.0. The summed E-state index contributed by atoms with van der Waals surface area (Å²) in [7, 11) is 1.86. The summed E-state index contributed by atoms with van der Waals surface area (Å²) in [6.07, 6.45) is 0.956. The van der Waals surface area contributed by atoms with Gasteiger partial charge in [0, 0.05) is 42.3 Å². The topological polar surface area (TPSA) is 23.6 Å². The van der Waals surface area contributed by atoms with Crippen LogP contribution in [0, 0.1) is 13.8 Å². The Morgan fingerprint density at radius 3 is 2.14 bits per heavy atom. The lowest BCUT2D eigenvalue weighted by Gasteiger charge is -2.38. The van der Waals surface area contributed by atoms with Gasteiger partial charge in [0.25, 0.3) is 0 Å². The lowest BCUT2D eigenvalue weighted by molar-refractivity contribution is -0.937. The summed E-state index contributed by atoms with van der Waals surface area (Å²) in [5, 5.41) is 0. The fraction of sp³-hybridized carbons (Fsp3) is 0.387. The number of amides is 2. The number of halogens is 1. The molecule has 3 aromatic carbocycles. The van der Waals surface area contributed by atoms with Crippen LogP contribution in [0.25, 0.3) is 0 Å². The molecule has 0 aromatic heterocycles. The third-order valence-corrected chi connectivity index (χ3v) is 7.66. The van der Waals surface area contributed by atoms with Gasteiger partial charge in [0.15, 0.2) is 0 Å². The van der Waals surface area contributed by atoms with E-state index in [2.05, 4.69) is 74.0 Å². The number of aryl methyl sites for hydroxylation is 2. The molecular weight excluding hydrogens is 510 g/mol. The van der Waals surface area contributed by atoms with Gasteiger partial charge in [0.05, 0.1) is 19.6 Å². The third-order valence-electron chi connectivity index (χ3n) is 7.17. The SMILES string of the molecule is CC[N+](CC)(CCCN(Cc1ccccc1)C(=O)N(C)c1cccc(Br)c1)Cc1cc(C)cc(C)c1. The highest BCUT2D eigenvalue weighted by atomic mass is 79.9. The molecule has 0 saturated heterocycles. The Morgan fingerprint density at radius 2 is 1.53 bits per heavy atom. The molecule has 0 radical (unpaired) electrons. The van der Waals surface area contributed by atoms with Gasteiger partial charge < -0.3 is 9.38 Å². The smallest absolute Gasteiger partial charge is 0.320 e. The predicted octanol–water partition coefficient (Wildman–Crippen LogP) is 7.57. The van der Waals surface area contributed by atoms with Crippen molar-refractivity contribution in [3.8, 4) is 0 Å². The number of rotatable bonds is 11. The zero-order valence-electron chi connectivity index (χ0n) is 22.5. The molecule has 2 amide bonds. The maximum absolute atomic E-state index is 13.7. The summed E-state index contributed by atoms with van der Waals surface area (Å²) in [5.41, 5.74) is 6.09. The van der Waals surface area contributed by atoms with E-state index in [0.717, 1.165) is 59.4 Å². The molecule has 0 bridgehead atoms. The lowest BCUT2D eigenvalue weighted by atomic mass is 10.1. The van der Waals surface area contributed by atoms with Gasteiger partial charge in [-0.15, -0.1) is 0 Å². The van der Waals surface area contributed by atoms with E-state index >= 15 is 0 Å². The van der Waals surface area contributed by atoms with E-state index in [1.165, 1.54) is 16.7 Å². The molecule has 0 N–H and O–H groups in total. The Labute approximate surface area is 226 Å². The number of nitrogens with zero attached hydrogens (tertiary/aromatic N) is 3. The molecule has 0 aliphatic rings. The Balaban J connectivity index is 1.75. The molecule has 0 saturated carbocycles. The van der Waals surface area contributed by atoms with Crippen molar-refractivity contribution in [3.63, 3.8) is 0 Å². The van der Waals surface area contributed by atoms with Crippen LogP contribution in [-0.2, 0) is 13.1 Å². The van der Waals surface area contributed by atoms with Gasteiger partial charge in [-0.2, -0.15) is 0 Å². The van der Waals surface area contributed by atoms with Gasteiger partial charge in [-0.1, -0.05) is 81.7 Å². The highest BCUT2D eigenvalue weighted by Crippen LogP contribution is 2.22. The summed E-state index contributed by atoms with van der Waals surface area (Å²) < 4.78 is 1.99. The third kappa shape index (κ3) is 7.68. The van der Waals surface area contributed by atoms with Gasteiger partial charge in [-0.3, -0.25) is 4.90 Å². The average Bonchev–Trinajstić information content (AvgIpc) is 2.86. The van der Waals surface area contributed by atoms with Crippen molar-refractivity contribution in [1.82, 2.24) is 4.90 Å². The van der Waals surface area contributed by atoms with E-state index < -0.39 is 0 Å². The Morgan fingerprint density at radius 1 is 0.861 bits per heavy atom. The lowest BCUT2D eigenvalue weighted by Crippen LogP contribution is -2.49. The van der Waals surface area contributed by atoms with Crippen LogP contribution in [0.1, 0.15) is 42.5 Å². The van der Waals surface area contributed by atoms with Crippen molar-refractivity contribution in [2.45, 2.75) is 47.2 Å². The van der Waals surface area contributed by atoms with Crippen LogP contribution >= 0.6 is 15.9 Å². The number of benzene rings is 3. The second-order valence-electron chi connectivity index (χ2n) is 9.93. The first-order valence-corrected chi connectivity index (χ1v) is 13.8. The van der Waals surface area contributed by atoms with Crippen LogP contribution in [0.3, 0.4) is 0 Å². The molecule has 3 aromatic rings. The van der Waals surface area contributed by atoms with Crippen LogP contribution < -0.4 is 4.90 Å². The number of urea groups is 1. The average molecular weight is 552 g/mol. The maximum Gasteiger partial charge on any atom is 0.324 e. The minimum absolute atomic E-state index is 0.0253. The molecule has 0 atom stereocenters. The van der Waals surface area contributed by atoms with E-state index in [9.17, 15) is 4.79 Å². The van der Waals surface area contributed by atoms with Crippen LogP contribution in [0.4, 0.5) is 10.5 Å². The van der Waals surface area contributed by atoms with Crippen molar-refractivity contribution in [2.75, 3.05) is 38.1 Å². The van der Waals surface area contributed by atoms with Crippen molar-refractivity contribution >= 4 is 27.6 Å². The molecule has 5 heteroatoms. The van der Waals surface area contributed by atoms with E-state index in [1.807, 2.05) is 54.4 Å². The first kappa shape index (κ1) is 27.9. The molecule has 0 unspecified atom stereocenters. The van der Waals surface area contributed by atoms with Gasteiger partial charge in [0.2, 0.25) is 0 Å². The minimum atomic E-state index is 0.0253. The summed E-state index contributed by atoms with van der Waals surface area (Å²) in [6.45, 7) is 14.5. The Bertz CT molecular complexity index is 1110. The van der Waals surface area contributed by atoms with Crippen LogP contribution in [0.2, 0.25) is 0 Å². The van der Waals surface area contributed by atoms with E-state index in [-0.39, 0.29) is 6.03 Å². The normalized spacial score (nSPS) is 11.4. The molecule has 3 rings (SSSR count). The predicted molar refractivity (Wildman–Crippen MR) is 155 cm³/mol. The van der Waals surface area contributed by atoms with Crippen molar-refractivity contribution < 1.29 is 9.28 Å². The van der Waals surface area contributed by atoms with Crippen LogP contribution in [0.5, 0.6) is 0 Å². The number of anilines is 1. The van der Waals surface area contributed by atoms with Gasteiger partial charge in [0.1, 0.15) is 6.54 Å². The molecule has 192 valence electrons. The molecule has 0 aliphatic heterocycles. The standard InChI is InChI=1S/C31H41BrN3O/c1-6-35(7-2,24-28-20-25(3)19-26(4)21-28)18-12-17-34(23-27-13-9-8-10-14-27)31(36)33(5)30-16-11-15-29(32)22-30/h8-11,13-16,19-22H,6-7,12,17-18,23-24H2,1-5H3/q+1. The molecule has 0 spiro atoms. The second kappa shape index (κ2) is 13.1. The highest BCUT2D eigenvalue weighted by molar-refractivity contribution is 9.10. The molecule has 36 heavy (non-hydrogen) atoms. The molecule has 0 heterocycles. The maximum atomic E-state index is 13.7. The monoisotopic (exact) mass is 550 g/mol. The number of hydrogen-bond donors (Lipinski definition) is 0. The van der Waals surface area contributed by atoms with Crippen molar-refractivity contribution in [1.29, 1.82) is 0 Å². The Hall–Kier alpha value is -2.63. The fourth-order valence-corrected chi connectivity index (χ4v) is 5.43. The van der Waals surface area contributed by atoms with E-state index in [1.54, 1.807) is 4.90 Å². The van der Waals surface area contributed by atoms with E-state index in [0.29, 0.717) is 6.54 Å². The number of hydrogen-bond acceptors (Lipinski definition) is 1. The van der Waals surface area contributed by atoms with Gasteiger partial charge in [-0.05, 0) is 51.5 Å². The second-order valence-corrected chi connectivity index (χ2v) is 10.8. The van der Waals surface area contributed by atoms with Crippen LogP contribution in [0.15, 0.2) is 77.3 Å². The number of carbonyl (C=O) groups excluding carboxylic acids is 1. The minimum Gasteiger partial charge on any atom is -0.320 e. The number of carbonyl (C=O) groups is 1. The molecule has 0 fully saturated rings. The Kier molecular flexibility index (Phi) is 10.1. The first-order chi connectivity index (χ1) is 17.2. The van der Waals surface area contributed by atoms with Gasteiger partial charge >= 0.3 is 6.03 Å². The summed E-state index contributed by atoms with van der Waals surface area (Å²) in [4.78, 5) is 17.4. The largest absolute Gasteiger partial charge is 0.324 e.